The maximum atomic E-state index is 14.7. The zero-order chi connectivity index (χ0) is 48.0. The first-order valence-corrected chi connectivity index (χ1v) is 24.7. The predicted octanol–water partition coefficient (Wildman–Crippen LogP) is 8.67. The van der Waals surface area contributed by atoms with E-state index < -0.39 is 30.1 Å². The number of ether oxygens (including phenoxy) is 2. The zero-order valence-corrected chi connectivity index (χ0v) is 42.4. The number of nitrogens with one attached hydrogen (secondary N) is 2. The number of likely N-dealkylation sites (N-methyl/N-ethyl adjacent to an activating group) is 2. The molecule has 1 fully saturated rings. The molecule has 1 aromatic heterocycles. The topological polar surface area (TPSA) is 133 Å². The Bertz CT molecular complexity index is 1910. The molecule has 13 heteroatoms. The molecule has 2 heterocycles. The molecule has 0 unspecified atom stereocenters. The summed E-state index contributed by atoms with van der Waals surface area (Å²) in [6.45, 7) is 19.5. The molecule has 0 aliphatic carbocycles. The SMILES string of the molecule is CC[C@H](C)[C@@H]([C@@H](CC(=O)N1CCC[C@H]1[C@H](OC)[C@@H](C)C(=O)N[C@@H](Cc1ccccc1)c1nccs1)OC)N(C)C(=O)[C@@H](CC(=O)[C@H](C(C)C)N(C)Cc1ccc(NC(C)C)cc1)C(C)C. The van der Waals surface area contributed by atoms with Crippen LogP contribution in [0.4, 0.5) is 5.69 Å². The minimum absolute atomic E-state index is 0.00614. The highest BCUT2D eigenvalue weighted by molar-refractivity contribution is 7.09. The van der Waals surface area contributed by atoms with E-state index in [1.165, 1.54) is 11.3 Å². The van der Waals surface area contributed by atoms with E-state index in [1.54, 1.807) is 32.4 Å². The van der Waals surface area contributed by atoms with E-state index in [-0.39, 0.29) is 72.2 Å². The number of hydrogen-bond acceptors (Lipinski definition) is 10. The highest BCUT2D eigenvalue weighted by Crippen LogP contribution is 2.32. The molecule has 2 N–H and O–H groups in total. The van der Waals surface area contributed by atoms with Gasteiger partial charge in [-0.2, -0.15) is 0 Å². The van der Waals surface area contributed by atoms with E-state index in [2.05, 4.69) is 86.3 Å². The Morgan fingerprint density at radius 3 is 2.11 bits per heavy atom. The molecule has 1 aliphatic rings. The van der Waals surface area contributed by atoms with E-state index in [4.69, 9.17) is 9.47 Å². The average molecular weight is 917 g/mol. The number of carbonyl (C=O) groups excluding carboxylic acids is 4. The van der Waals surface area contributed by atoms with Crippen molar-refractivity contribution in [2.75, 3.05) is 40.2 Å². The Morgan fingerprint density at radius 1 is 0.877 bits per heavy atom. The molecule has 0 radical (unpaired) electrons. The first-order chi connectivity index (χ1) is 30.9. The smallest absolute Gasteiger partial charge is 0.226 e. The number of nitrogens with zero attached hydrogens (tertiary/aromatic N) is 4. The second-order valence-electron chi connectivity index (χ2n) is 19.3. The lowest BCUT2D eigenvalue weighted by molar-refractivity contribution is -0.149. The van der Waals surface area contributed by atoms with Crippen LogP contribution in [0.15, 0.2) is 66.2 Å². The van der Waals surface area contributed by atoms with Gasteiger partial charge in [-0.1, -0.05) is 97.4 Å². The first-order valence-electron chi connectivity index (χ1n) is 23.9. The molecule has 0 spiro atoms. The summed E-state index contributed by atoms with van der Waals surface area (Å²) in [6, 6.07) is 17.3. The van der Waals surface area contributed by atoms with Crippen molar-refractivity contribution in [1.29, 1.82) is 0 Å². The van der Waals surface area contributed by atoms with Crippen molar-refractivity contribution in [2.45, 2.75) is 150 Å². The van der Waals surface area contributed by atoms with Gasteiger partial charge in [-0.15, -0.1) is 11.3 Å². The van der Waals surface area contributed by atoms with Crippen LogP contribution in [0.3, 0.4) is 0 Å². The average Bonchev–Trinajstić information content (AvgIpc) is 3.99. The molecule has 9 atom stereocenters. The monoisotopic (exact) mass is 917 g/mol. The van der Waals surface area contributed by atoms with E-state index in [0.717, 1.165) is 34.7 Å². The van der Waals surface area contributed by atoms with Crippen LogP contribution in [-0.2, 0) is 41.6 Å². The van der Waals surface area contributed by atoms with Gasteiger partial charge in [0.1, 0.15) is 5.01 Å². The number of thiazole rings is 1. The van der Waals surface area contributed by atoms with Gasteiger partial charge in [-0.05, 0) is 81.2 Å². The number of ketones is 1. The Kier molecular flexibility index (Phi) is 21.1. The number of amides is 3. The lowest BCUT2D eigenvalue weighted by atomic mass is 9.83. The molecule has 0 saturated carbocycles. The van der Waals surface area contributed by atoms with Gasteiger partial charge in [0, 0.05) is 70.0 Å². The molecule has 4 rings (SSSR count). The summed E-state index contributed by atoms with van der Waals surface area (Å²) >= 11 is 1.51. The second-order valence-corrected chi connectivity index (χ2v) is 20.3. The van der Waals surface area contributed by atoms with Crippen LogP contribution in [0.25, 0.3) is 0 Å². The van der Waals surface area contributed by atoms with Crippen LogP contribution in [0.5, 0.6) is 0 Å². The van der Waals surface area contributed by atoms with Crippen LogP contribution < -0.4 is 10.6 Å². The minimum atomic E-state index is -0.605. The van der Waals surface area contributed by atoms with Gasteiger partial charge in [-0.3, -0.25) is 24.1 Å². The Hall–Kier alpha value is -4.17. The fraction of sp³-hybridized carbons (Fsp3) is 0.635. The van der Waals surface area contributed by atoms with Crippen LogP contribution >= 0.6 is 11.3 Å². The maximum Gasteiger partial charge on any atom is 0.226 e. The van der Waals surface area contributed by atoms with E-state index in [9.17, 15) is 19.2 Å². The summed E-state index contributed by atoms with van der Waals surface area (Å²) in [5.41, 5.74) is 3.27. The largest absolute Gasteiger partial charge is 0.383 e. The molecule has 3 amide bonds. The molecule has 360 valence electrons. The summed E-state index contributed by atoms with van der Waals surface area (Å²) in [4.78, 5) is 67.8. The first kappa shape index (κ1) is 53.4. The van der Waals surface area contributed by atoms with Gasteiger partial charge < -0.3 is 29.9 Å². The number of aromatic nitrogens is 1. The zero-order valence-electron chi connectivity index (χ0n) is 41.6. The lowest BCUT2D eigenvalue weighted by Gasteiger charge is -2.41. The van der Waals surface area contributed by atoms with Crippen molar-refractivity contribution < 1.29 is 28.7 Å². The molecule has 1 saturated heterocycles. The molecule has 65 heavy (non-hydrogen) atoms. The van der Waals surface area contributed by atoms with Crippen molar-refractivity contribution in [3.05, 3.63) is 82.3 Å². The summed E-state index contributed by atoms with van der Waals surface area (Å²) in [6.07, 6.45) is 3.61. The molecule has 0 bridgehead atoms. The number of Topliss-reactive ketones (excluding diaryl/α,β-unsaturated/α-hetero) is 1. The molecule has 3 aromatic rings. The van der Waals surface area contributed by atoms with Crippen molar-refractivity contribution in [3.8, 4) is 0 Å². The minimum Gasteiger partial charge on any atom is -0.383 e. The predicted molar refractivity (Wildman–Crippen MR) is 263 cm³/mol. The van der Waals surface area contributed by atoms with Gasteiger partial charge in [0.2, 0.25) is 17.7 Å². The number of likely N-dealkylation sites (tertiary alicyclic amines) is 1. The third kappa shape index (κ3) is 14.7. The number of rotatable bonds is 26. The van der Waals surface area contributed by atoms with Crippen molar-refractivity contribution in [2.24, 2.45) is 29.6 Å². The summed E-state index contributed by atoms with van der Waals surface area (Å²) < 4.78 is 12.2. The summed E-state index contributed by atoms with van der Waals surface area (Å²) in [5, 5.41) is 9.42. The fourth-order valence-corrected chi connectivity index (χ4v) is 10.5. The third-order valence-corrected chi connectivity index (χ3v) is 14.3. The van der Waals surface area contributed by atoms with E-state index in [1.807, 2.05) is 68.4 Å². The Morgan fingerprint density at radius 2 is 1.55 bits per heavy atom. The molecule has 12 nitrogen and oxygen atoms in total. The van der Waals surface area contributed by atoms with E-state index >= 15 is 0 Å². The van der Waals surface area contributed by atoms with Crippen molar-refractivity contribution in [1.82, 2.24) is 25.0 Å². The van der Waals surface area contributed by atoms with Crippen LogP contribution in [0.1, 0.15) is 117 Å². The highest BCUT2D eigenvalue weighted by Gasteiger charge is 2.43. The number of carbonyl (C=O) groups is 4. The van der Waals surface area contributed by atoms with Crippen molar-refractivity contribution in [3.63, 3.8) is 0 Å². The lowest BCUT2D eigenvalue weighted by Crippen LogP contribution is -2.54. The fourth-order valence-electron chi connectivity index (χ4n) is 9.83. The maximum absolute atomic E-state index is 14.7. The molecular weight excluding hydrogens is 837 g/mol. The van der Waals surface area contributed by atoms with Gasteiger partial charge in [-0.25, -0.2) is 4.98 Å². The van der Waals surface area contributed by atoms with Crippen LogP contribution in [0.2, 0.25) is 0 Å². The van der Waals surface area contributed by atoms with Gasteiger partial charge in [0.15, 0.2) is 5.78 Å². The second kappa shape index (κ2) is 25.7. The molecule has 2 aromatic carbocycles. The number of methoxy groups -OCH3 is 2. The normalized spacial score (nSPS) is 18.0. The molecular formula is C52H80N6O6S. The number of benzene rings is 2. The highest BCUT2D eigenvalue weighted by atomic mass is 32.1. The van der Waals surface area contributed by atoms with Gasteiger partial charge in [0.25, 0.3) is 0 Å². The Balaban J connectivity index is 1.47. The number of hydrogen-bond donors (Lipinski definition) is 2. The van der Waals surface area contributed by atoms with Gasteiger partial charge in [0.05, 0.1) is 48.7 Å². The summed E-state index contributed by atoms with van der Waals surface area (Å²) in [7, 11) is 7.00. The Labute approximate surface area is 394 Å². The number of anilines is 1. The van der Waals surface area contributed by atoms with Crippen molar-refractivity contribution >= 4 is 40.5 Å². The molecule has 1 aliphatic heterocycles. The van der Waals surface area contributed by atoms with Crippen LogP contribution in [0, 0.1) is 29.6 Å². The quantitative estimate of drug-likeness (QED) is 0.0812. The van der Waals surface area contributed by atoms with Gasteiger partial charge >= 0.3 is 0 Å². The van der Waals surface area contributed by atoms with Crippen LogP contribution in [-0.4, -0.2) is 114 Å². The standard InChI is InChI=1S/C52H80N6O6S/c1-14-36(8)48(57(11)52(62)41(33(2)3)30-44(59)47(34(4)5)56(10)32-39-22-24-40(25-23-39)54-35(6)7)45(63-12)31-46(60)58-27-18-21-43(58)49(64-13)37(9)50(61)55-42(51-53-26-28-65-51)29-38-19-16-15-17-20-38/h15-17,19-20,22-26,28,33-37,41-43,45,47-49,54H,14,18,21,27,29-32H2,1-13H3,(H,55,61)/t36-,37+,41-,42-,43-,45+,47-,48-,49+/m0/s1. The summed E-state index contributed by atoms with van der Waals surface area (Å²) in [5.74, 6) is -1.51. The third-order valence-electron chi connectivity index (χ3n) is 13.4. The van der Waals surface area contributed by atoms with E-state index in [0.29, 0.717) is 32.0 Å².